The van der Waals surface area contributed by atoms with Gasteiger partial charge in [0.05, 0.1) is 17.4 Å². The van der Waals surface area contributed by atoms with Gasteiger partial charge in [-0.1, -0.05) is 0 Å². The van der Waals surface area contributed by atoms with E-state index < -0.39 is 0 Å². The van der Waals surface area contributed by atoms with Crippen molar-refractivity contribution in [2.75, 3.05) is 11.5 Å². The Balaban J connectivity index is 2.24. The fourth-order valence-electron chi connectivity index (χ4n) is 1.89. The van der Waals surface area contributed by atoms with Crippen molar-refractivity contribution in [1.29, 1.82) is 0 Å². The summed E-state index contributed by atoms with van der Waals surface area (Å²) in [5.41, 5.74) is 15.0. The molecule has 1 aromatic carbocycles. The summed E-state index contributed by atoms with van der Waals surface area (Å²) in [6.07, 6.45) is 3.73. The van der Waals surface area contributed by atoms with Crippen molar-refractivity contribution in [3.8, 4) is 11.4 Å². The van der Waals surface area contributed by atoms with Gasteiger partial charge in [0.1, 0.15) is 5.82 Å². The number of nitrogens with two attached hydrogens (primary N) is 2. The third-order valence-corrected chi connectivity index (χ3v) is 2.77. The van der Waals surface area contributed by atoms with Crippen molar-refractivity contribution in [1.82, 2.24) is 9.38 Å². The highest BCUT2D eigenvalue weighted by molar-refractivity contribution is 5.73. The van der Waals surface area contributed by atoms with Crippen LogP contribution in [0.2, 0.25) is 0 Å². The molecule has 0 spiro atoms. The Bertz CT molecular complexity index is 667. The van der Waals surface area contributed by atoms with Crippen LogP contribution in [0.3, 0.4) is 0 Å². The minimum absolute atomic E-state index is 0.724. The van der Waals surface area contributed by atoms with Crippen molar-refractivity contribution >= 4 is 16.9 Å². The average molecular weight is 224 g/mol. The molecule has 0 saturated heterocycles. The quantitative estimate of drug-likeness (QED) is 0.622. The standard InChI is InChI=1S/C13H12N4/c14-10-5-3-9(4-6-10)13-16-8-12-11(15)2-1-7-17(12)13/h1-8H,14-15H2. The number of anilines is 2. The number of aromatic nitrogens is 2. The summed E-state index contributed by atoms with van der Waals surface area (Å²) in [4.78, 5) is 4.40. The molecular weight excluding hydrogens is 212 g/mol. The topological polar surface area (TPSA) is 69.3 Å². The van der Waals surface area contributed by atoms with E-state index in [9.17, 15) is 0 Å². The summed E-state index contributed by atoms with van der Waals surface area (Å²) in [6.45, 7) is 0. The Kier molecular flexibility index (Phi) is 2.01. The smallest absolute Gasteiger partial charge is 0.144 e. The molecule has 84 valence electrons. The number of hydrogen-bond donors (Lipinski definition) is 2. The van der Waals surface area contributed by atoms with Crippen molar-refractivity contribution in [3.63, 3.8) is 0 Å². The Labute approximate surface area is 98.5 Å². The lowest BCUT2D eigenvalue weighted by molar-refractivity contribution is 1.16. The molecule has 0 aliphatic carbocycles. The van der Waals surface area contributed by atoms with E-state index in [-0.39, 0.29) is 0 Å². The van der Waals surface area contributed by atoms with Gasteiger partial charge in [-0.2, -0.15) is 0 Å². The first-order valence-electron chi connectivity index (χ1n) is 5.33. The molecule has 0 fully saturated rings. The summed E-state index contributed by atoms with van der Waals surface area (Å²) in [5, 5.41) is 0. The van der Waals surface area contributed by atoms with Crippen LogP contribution in [-0.4, -0.2) is 9.38 Å². The van der Waals surface area contributed by atoms with Crippen LogP contribution in [0.15, 0.2) is 48.8 Å². The Morgan fingerprint density at radius 3 is 2.53 bits per heavy atom. The lowest BCUT2D eigenvalue weighted by Gasteiger charge is -2.03. The van der Waals surface area contributed by atoms with Crippen LogP contribution in [0.4, 0.5) is 11.4 Å². The van der Waals surface area contributed by atoms with Gasteiger partial charge in [0.15, 0.2) is 0 Å². The maximum atomic E-state index is 5.89. The average Bonchev–Trinajstić information content (AvgIpc) is 2.75. The first kappa shape index (κ1) is 9.72. The Morgan fingerprint density at radius 1 is 1.00 bits per heavy atom. The molecule has 0 unspecified atom stereocenters. The molecule has 3 aromatic rings. The predicted octanol–water partition coefficient (Wildman–Crippen LogP) is 2.17. The van der Waals surface area contributed by atoms with Crippen molar-refractivity contribution in [3.05, 3.63) is 48.8 Å². The van der Waals surface area contributed by atoms with Gasteiger partial charge < -0.3 is 11.5 Å². The molecule has 0 bridgehead atoms. The highest BCUT2D eigenvalue weighted by atomic mass is 15.0. The molecule has 3 rings (SSSR count). The van der Waals surface area contributed by atoms with E-state index in [1.54, 1.807) is 6.20 Å². The lowest BCUT2D eigenvalue weighted by atomic mass is 10.2. The van der Waals surface area contributed by atoms with E-state index >= 15 is 0 Å². The van der Waals surface area contributed by atoms with Gasteiger partial charge in [0, 0.05) is 17.4 Å². The van der Waals surface area contributed by atoms with Gasteiger partial charge in [-0.25, -0.2) is 4.98 Å². The van der Waals surface area contributed by atoms with E-state index in [0.717, 1.165) is 28.3 Å². The van der Waals surface area contributed by atoms with Crippen LogP contribution in [0.5, 0.6) is 0 Å². The number of fused-ring (bicyclic) bond motifs is 1. The molecule has 0 aliphatic heterocycles. The minimum atomic E-state index is 0.724. The summed E-state index contributed by atoms with van der Waals surface area (Å²) in [7, 11) is 0. The van der Waals surface area contributed by atoms with E-state index in [2.05, 4.69) is 4.98 Å². The van der Waals surface area contributed by atoms with Crippen LogP contribution in [0.25, 0.3) is 16.9 Å². The normalized spacial score (nSPS) is 10.8. The van der Waals surface area contributed by atoms with Crippen molar-refractivity contribution in [2.24, 2.45) is 0 Å². The fourth-order valence-corrected chi connectivity index (χ4v) is 1.89. The predicted molar refractivity (Wildman–Crippen MR) is 69.5 cm³/mol. The number of hydrogen-bond acceptors (Lipinski definition) is 3. The van der Waals surface area contributed by atoms with Crippen molar-refractivity contribution in [2.45, 2.75) is 0 Å². The highest BCUT2D eigenvalue weighted by Gasteiger charge is 2.07. The maximum Gasteiger partial charge on any atom is 0.144 e. The molecule has 4 nitrogen and oxygen atoms in total. The Hall–Kier alpha value is -2.49. The van der Waals surface area contributed by atoms with Gasteiger partial charge in [0.2, 0.25) is 0 Å². The van der Waals surface area contributed by atoms with Gasteiger partial charge >= 0.3 is 0 Å². The molecule has 0 saturated carbocycles. The van der Waals surface area contributed by atoms with Crippen LogP contribution in [0, 0.1) is 0 Å². The van der Waals surface area contributed by atoms with Crippen LogP contribution < -0.4 is 11.5 Å². The number of imidazole rings is 1. The first-order chi connectivity index (χ1) is 8.25. The second kappa shape index (κ2) is 3.52. The third-order valence-electron chi connectivity index (χ3n) is 2.77. The highest BCUT2D eigenvalue weighted by Crippen LogP contribution is 2.23. The lowest BCUT2D eigenvalue weighted by Crippen LogP contribution is -1.93. The van der Waals surface area contributed by atoms with Gasteiger partial charge in [0.25, 0.3) is 0 Å². The van der Waals surface area contributed by atoms with Crippen LogP contribution >= 0.6 is 0 Å². The number of rotatable bonds is 1. The zero-order valence-corrected chi connectivity index (χ0v) is 9.17. The van der Waals surface area contributed by atoms with E-state index in [4.69, 9.17) is 11.5 Å². The van der Waals surface area contributed by atoms with Gasteiger partial charge in [-0.15, -0.1) is 0 Å². The summed E-state index contributed by atoms with van der Waals surface area (Å²) >= 11 is 0. The molecular formula is C13H12N4. The summed E-state index contributed by atoms with van der Waals surface area (Å²) in [6, 6.07) is 11.4. The second-order valence-corrected chi connectivity index (χ2v) is 3.92. The molecule has 2 aromatic heterocycles. The molecule has 0 aliphatic rings. The summed E-state index contributed by atoms with van der Waals surface area (Å²) < 4.78 is 1.97. The van der Waals surface area contributed by atoms with Gasteiger partial charge in [-0.05, 0) is 36.4 Å². The van der Waals surface area contributed by atoms with E-state index in [0.29, 0.717) is 0 Å². The third kappa shape index (κ3) is 1.50. The molecule has 4 N–H and O–H groups in total. The number of nitrogen functional groups attached to an aromatic ring is 2. The summed E-state index contributed by atoms with van der Waals surface area (Å²) in [5.74, 6) is 0.868. The van der Waals surface area contributed by atoms with Crippen LogP contribution in [0.1, 0.15) is 0 Å². The van der Waals surface area contributed by atoms with Crippen molar-refractivity contribution < 1.29 is 0 Å². The molecule has 0 atom stereocenters. The fraction of sp³-hybridized carbons (Fsp3) is 0. The maximum absolute atomic E-state index is 5.89. The molecule has 0 radical (unpaired) electrons. The molecule has 17 heavy (non-hydrogen) atoms. The molecule has 0 amide bonds. The number of nitrogens with zero attached hydrogens (tertiary/aromatic N) is 2. The van der Waals surface area contributed by atoms with Gasteiger partial charge in [-0.3, -0.25) is 4.40 Å². The zero-order chi connectivity index (χ0) is 11.8. The molecule has 4 heteroatoms. The van der Waals surface area contributed by atoms with E-state index in [1.165, 1.54) is 0 Å². The monoisotopic (exact) mass is 224 g/mol. The Morgan fingerprint density at radius 2 is 1.76 bits per heavy atom. The van der Waals surface area contributed by atoms with E-state index in [1.807, 2.05) is 47.0 Å². The van der Waals surface area contributed by atoms with Crippen LogP contribution in [-0.2, 0) is 0 Å². The zero-order valence-electron chi connectivity index (χ0n) is 9.17. The first-order valence-corrected chi connectivity index (χ1v) is 5.33. The second-order valence-electron chi connectivity index (χ2n) is 3.92. The minimum Gasteiger partial charge on any atom is -0.399 e. The largest absolute Gasteiger partial charge is 0.399 e. The SMILES string of the molecule is Nc1ccc(-c2ncc3c(N)cccn23)cc1. The molecule has 2 heterocycles. The number of pyridine rings is 1. The number of benzene rings is 1.